The van der Waals surface area contributed by atoms with Crippen LogP contribution in [0.15, 0.2) is 24.3 Å². The SMILES string of the molecule is CN(CC1NCC2CCCC21)c1ccccc1F. The zero-order chi connectivity index (χ0) is 12.5. The molecule has 1 heterocycles. The molecule has 0 amide bonds. The molecule has 3 atom stereocenters. The Bertz CT molecular complexity index is 421. The summed E-state index contributed by atoms with van der Waals surface area (Å²) < 4.78 is 13.7. The van der Waals surface area contributed by atoms with Gasteiger partial charge >= 0.3 is 0 Å². The molecule has 2 aliphatic rings. The molecule has 0 aromatic heterocycles. The largest absolute Gasteiger partial charge is 0.371 e. The van der Waals surface area contributed by atoms with Crippen LogP contribution in [0.3, 0.4) is 0 Å². The fourth-order valence-corrected chi connectivity index (χ4v) is 3.66. The third-order valence-electron chi connectivity index (χ3n) is 4.61. The smallest absolute Gasteiger partial charge is 0.146 e. The van der Waals surface area contributed by atoms with Crippen LogP contribution in [0.4, 0.5) is 10.1 Å². The molecule has 2 fully saturated rings. The molecule has 0 bridgehead atoms. The zero-order valence-corrected chi connectivity index (χ0v) is 10.9. The number of nitrogens with zero attached hydrogens (tertiary/aromatic N) is 1. The zero-order valence-electron chi connectivity index (χ0n) is 10.9. The fourth-order valence-electron chi connectivity index (χ4n) is 3.66. The van der Waals surface area contributed by atoms with Crippen molar-refractivity contribution in [1.29, 1.82) is 0 Å². The molecule has 3 unspecified atom stereocenters. The maximum absolute atomic E-state index is 13.7. The first-order valence-electron chi connectivity index (χ1n) is 6.95. The van der Waals surface area contributed by atoms with E-state index in [0.29, 0.717) is 11.7 Å². The average Bonchev–Trinajstić information content (AvgIpc) is 2.94. The fraction of sp³-hybridized carbons (Fsp3) is 0.600. The van der Waals surface area contributed by atoms with Crippen LogP contribution in [0, 0.1) is 17.7 Å². The molecule has 1 aliphatic carbocycles. The van der Waals surface area contributed by atoms with E-state index in [4.69, 9.17) is 0 Å². The summed E-state index contributed by atoms with van der Waals surface area (Å²) in [4.78, 5) is 2.05. The van der Waals surface area contributed by atoms with Crippen molar-refractivity contribution in [3.8, 4) is 0 Å². The number of likely N-dealkylation sites (N-methyl/N-ethyl adjacent to an activating group) is 1. The van der Waals surface area contributed by atoms with Gasteiger partial charge in [-0.2, -0.15) is 0 Å². The molecule has 2 nitrogen and oxygen atoms in total. The van der Waals surface area contributed by atoms with Crippen LogP contribution in [-0.2, 0) is 0 Å². The maximum Gasteiger partial charge on any atom is 0.146 e. The summed E-state index contributed by atoms with van der Waals surface area (Å²) in [5.41, 5.74) is 0.709. The molecular formula is C15H21FN2. The van der Waals surface area contributed by atoms with Crippen LogP contribution < -0.4 is 10.2 Å². The van der Waals surface area contributed by atoms with Crippen molar-refractivity contribution in [3.63, 3.8) is 0 Å². The first-order valence-corrected chi connectivity index (χ1v) is 6.95. The lowest BCUT2D eigenvalue weighted by atomic mass is 9.94. The minimum Gasteiger partial charge on any atom is -0.371 e. The Morgan fingerprint density at radius 1 is 1.33 bits per heavy atom. The van der Waals surface area contributed by atoms with Crippen LogP contribution >= 0.6 is 0 Å². The van der Waals surface area contributed by atoms with E-state index >= 15 is 0 Å². The number of hydrogen-bond acceptors (Lipinski definition) is 2. The summed E-state index contributed by atoms with van der Waals surface area (Å²) in [5, 5.41) is 3.61. The van der Waals surface area contributed by atoms with Crippen molar-refractivity contribution in [2.45, 2.75) is 25.3 Å². The van der Waals surface area contributed by atoms with Crippen LogP contribution in [-0.4, -0.2) is 26.2 Å². The Kier molecular flexibility index (Phi) is 3.25. The molecule has 1 N–H and O–H groups in total. The van der Waals surface area contributed by atoms with Crippen LogP contribution in [0.1, 0.15) is 19.3 Å². The van der Waals surface area contributed by atoms with E-state index in [1.807, 2.05) is 24.1 Å². The van der Waals surface area contributed by atoms with Crippen molar-refractivity contribution in [2.75, 3.05) is 25.0 Å². The van der Waals surface area contributed by atoms with Crippen molar-refractivity contribution < 1.29 is 4.39 Å². The minimum atomic E-state index is -0.124. The highest BCUT2D eigenvalue weighted by Gasteiger charge is 2.39. The van der Waals surface area contributed by atoms with Crippen LogP contribution in [0.2, 0.25) is 0 Å². The van der Waals surface area contributed by atoms with Gasteiger partial charge in [-0.15, -0.1) is 0 Å². The Morgan fingerprint density at radius 2 is 2.17 bits per heavy atom. The number of fused-ring (bicyclic) bond motifs is 1. The summed E-state index contributed by atoms with van der Waals surface area (Å²) in [6.45, 7) is 2.06. The summed E-state index contributed by atoms with van der Waals surface area (Å²) in [5.74, 6) is 1.55. The lowest BCUT2D eigenvalue weighted by molar-refractivity contribution is 0.412. The molecule has 0 radical (unpaired) electrons. The minimum absolute atomic E-state index is 0.124. The number of para-hydroxylation sites is 1. The van der Waals surface area contributed by atoms with Gasteiger partial charge in [-0.3, -0.25) is 0 Å². The van der Waals surface area contributed by atoms with Gasteiger partial charge < -0.3 is 10.2 Å². The van der Waals surface area contributed by atoms with Gasteiger partial charge in [-0.25, -0.2) is 4.39 Å². The Labute approximate surface area is 108 Å². The van der Waals surface area contributed by atoms with Gasteiger partial charge in [0.1, 0.15) is 5.82 Å². The van der Waals surface area contributed by atoms with E-state index < -0.39 is 0 Å². The van der Waals surface area contributed by atoms with E-state index in [0.717, 1.165) is 24.9 Å². The number of nitrogens with one attached hydrogen (secondary N) is 1. The predicted octanol–water partition coefficient (Wildman–Crippen LogP) is 2.65. The van der Waals surface area contributed by atoms with E-state index in [1.54, 1.807) is 6.07 Å². The molecule has 1 aromatic carbocycles. The molecule has 3 heteroatoms. The standard InChI is InChI=1S/C15H21FN2/c1-18(15-8-3-2-7-13(15)16)10-14-12-6-4-5-11(12)9-17-14/h2-3,7-8,11-12,14,17H,4-6,9-10H2,1H3. The predicted molar refractivity (Wildman–Crippen MR) is 72.3 cm³/mol. The lowest BCUT2D eigenvalue weighted by Gasteiger charge is -2.27. The van der Waals surface area contributed by atoms with E-state index in [9.17, 15) is 4.39 Å². The Hall–Kier alpha value is -1.09. The molecule has 1 aromatic rings. The van der Waals surface area contributed by atoms with Crippen molar-refractivity contribution in [3.05, 3.63) is 30.1 Å². The lowest BCUT2D eigenvalue weighted by Crippen LogP contribution is -2.39. The first kappa shape index (κ1) is 12.0. The highest BCUT2D eigenvalue weighted by atomic mass is 19.1. The van der Waals surface area contributed by atoms with Gasteiger partial charge in [0.05, 0.1) is 5.69 Å². The van der Waals surface area contributed by atoms with Gasteiger partial charge in [0.2, 0.25) is 0 Å². The third kappa shape index (κ3) is 2.12. The molecule has 1 saturated carbocycles. The van der Waals surface area contributed by atoms with Gasteiger partial charge in [-0.05, 0) is 43.4 Å². The molecule has 3 rings (SSSR count). The normalized spacial score (nSPS) is 30.4. The highest BCUT2D eigenvalue weighted by Crippen LogP contribution is 2.38. The van der Waals surface area contributed by atoms with Crippen molar-refractivity contribution in [2.24, 2.45) is 11.8 Å². The maximum atomic E-state index is 13.7. The van der Waals surface area contributed by atoms with E-state index in [-0.39, 0.29) is 5.82 Å². The molecule has 18 heavy (non-hydrogen) atoms. The topological polar surface area (TPSA) is 15.3 Å². The monoisotopic (exact) mass is 248 g/mol. The number of benzene rings is 1. The Balaban J connectivity index is 1.68. The number of rotatable bonds is 3. The summed E-state index contributed by atoms with van der Waals surface area (Å²) in [6.07, 6.45) is 4.09. The Morgan fingerprint density at radius 3 is 3.00 bits per heavy atom. The molecule has 0 spiro atoms. The number of halogens is 1. The van der Waals surface area contributed by atoms with Crippen LogP contribution in [0.5, 0.6) is 0 Å². The third-order valence-corrected chi connectivity index (χ3v) is 4.61. The van der Waals surface area contributed by atoms with Gasteiger partial charge in [0.25, 0.3) is 0 Å². The highest BCUT2D eigenvalue weighted by molar-refractivity contribution is 5.47. The average molecular weight is 248 g/mol. The van der Waals surface area contributed by atoms with E-state index in [2.05, 4.69) is 5.32 Å². The second-order valence-corrected chi connectivity index (χ2v) is 5.70. The molecule has 1 saturated heterocycles. The van der Waals surface area contributed by atoms with Gasteiger partial charge in [-0.1, -0.05) is 18.6 Å². The van der Waals surface area contributed by atoms with Crippen LogP contribution in [0.25, 0.3) is 0 Å². The van der Waals surface area contributed by atoms with E-state index in [1.165, 1.54) is 25.3 Å². The van der Waals surface area contributed by atoms with Crippen molar-refractivity contribution in [1.82, 2.24) is 5.32 Å². The summed E-state index contributed by atoms with van der Waals surface area (Å²) in [7, 11) is 1.99. The van der Waals surface area contributed by atoms with Gasteiger partial charge in [0, 0.05) is 19.6 Å². The number of hydrogen-bond donors (Lipinski definition) is 1. The quantitative estimate of drug-likeness (QED) is 0.884. The van der Waals surface area contributed by atoms with Gasteiger partial charge in [0.15, 0.2) is 0 Å². The molecule has 1 aliphatic heterocycles. The van der Waals surface area contributed by atoms with Crippen molar-refractivity contribution >= 4 is 5.69 Å². The molecule has 98 valence electrons. The summed E-state index contributed by atoms with van der Waals surface area (Å²) >= 11 is 0. The first-order chi connectivity index (χ1) is 8.75. The second kappa shape index (κ2) is 4.88. The second-order valence-electron chi connectivity index (χ2n) is 5.70. The number of anilines is 1. The molecular weight excluding hydrogens is 227 g/mol. The summed E-state index contributed by atoms with van der Waals surface area (Å²) in [6, 6.07) is 7.56.